The molecule has 0 bridgehead atoms. The van der Waals surface area contributed by atoms with Crippen LogP contribution < -0.4 is 0 Å². The van der Waals surface area contributed by atoms with Crippen LogP contribution in [0.4, 0.5) is 0 Å². The zero-order chi connectivity index (χ0) is 18.2. The first-order chi connectivity index (χ1) is 11.8. The third-order valence-electron chi connectivity index (χ3n) is 4.65. The van der Waals surface area contributed by atoms with E-state index >= 15 is 0 Å². The van der Waals surface area contributed by atoms with Crippen LogP contribution in [0.3, 0.4) is 0 Å². The highest BCUT2D eigenvalue weighted by molar-refractivity contribution is 9.10. The summed E-state index contributed by atoms with van der Waals surface area (Å²) in [6.07, 6.45) is 3.55. The lowest BCUT2D eigenvalue weighted by Gasteiger charge is -2.38. The highest BCUT2D eigenvalue weighted by Gasteiger charge is 2.38. The maximum Gasteiger partial charge on any atom is 0.246 e. The van der Waals surface area contributed by atoms with Crippen molar-refractivity contribution in [3.05, 3.63) is 21.9 Å². The predicted molar refractivity (Wildman–Crippen MR) is 100 cm³/mol. The van der Waals surface area contributed by atoms with Crippen LogP contribution in [0.25, 0.3) is 0 Å². The predicted octanol–water partition coefficient (Wildman–Crippen LogP) is 2.76. The van der Waals surface area contributed by atoms with E-state index in [1.165, 1.54) is 12.3 Å². The molecule has 2 fully saturated rings. The van der Waals surface area contributed by atoms with Gasteiger partial charge >= 0.3 is 0 Å². The summed E-state index contributed by atoms with van der Waals surface area (Å²) < 4.78 is 34.2. The first kappa shape index (κ1) is 19.5. The fourth-order valence-electron chi connectivity index (χ4n) is 3.75. The monoisotopic (exact) mass is 451 g/mol. The van der Waals surface area contributed by atoms with Crippen molar-refractivity contribution in [1.29, 1.82) is 0 Å². The van der Waals surface area contributed by atoms with Crippen molar-refractivity contribution in [2.75, 3.05) is 26.2 Å². The molecule has 25 heavy (non-hydrogen) atoms. The first-order valence-electron chi connectivity index (χ1n) is 8.48. The highest BCUT2D eigenvalue weighted by atomic mass is 79.9. The van der Waals surface area contributed by atoms with E-state index in [0.717, 1.165) is 32.5 Å². The van der Waals surface area contributed by atoms with E-state index in [0.29, 0.717) is 11.0 Å². The third kappa shape index (κ3) is 4.36. The number of aromatic nitrogens is 1. The van der Waals surface area contributed by atoms with Crippen LogP contribution in [-0.4, -0.2) is 67.0 Å². The SMILES string of the molecule is CC1CN(CC2CCCN2S(=O)(=O)c2cc(Br)cnc2Cl)CC(C)O1. The molecule has 0 aromatic carbocycles. The minimum absolute atomic E-state index is 0.0162. The summed E-state index contributed by atoms with van der Waals surface area (Å²) in [4.78, 5) is 6.34. The van der Waals surface area contributed by atoms with Gasteiger partial charge in [-0.05, 0) is 48.7 Å². The highest BCUT2D eigenvalue weighted by Crippen LogP contribution is 2.31. The maximum absolute atomic E-state index is 13.1. The fraction of sp³-hybridized carbons (Fsp3) is 0.688. The van der Waals surface area contributed by atoms with E-state index in [2.05, 4.69) is 39.7 Å². The van der Waals surface area contributed by atoms with Crippen molar-refractivity contribution in [1.82, 2.24) is 14.2 Å². The number of rotatable bonds is 4. The molecule has 140 valence electrons. The van der Waals surface area contributed by atoms with Crippen LogP contribution in [0.15, 0.2) is 21.6 Å². The summed E-state index contributed by atoms with van der Waals surface area (Å²) in [6, 6.07) is 1.48. The first-order valence-corrected chi connectivity index (χ1v) is 11.1. The largest absolute Gasteiger partial charge is 0.373 e. The Morgan fingerprint density at radius 3 is 2.72 bits per heavy atom. The van der Waals surface area contributed by atoms with Crippen LogP contribution in [0, 0.1) is 0 Å². The van der Waals surface area contributed by atoms with Gasteiger partial charge in [-0.25, -0.2) is 13.4 Å². The molecule has 6 nitrogen and oxygen atoms in total. The van der Waals surface area contributed by atoms with E-state index in [9.17, 15) is 8.42 Å². The van der Waals surface area contributed by atoms with Crippen LogP contribution in [0.2, 0.25) is 5.15 Å². The van der Waals surface area contributed by atoms with Gasteiger partial charge in [-0.15, -0.1) is 0 Å². The fourth-order valence-corrected chi connectivity index (χ4v) is 6.36. The molecule has 2 saturated heterocycles. The summed E-state index contributed by atoms with van der Waals surface area (Å²) in [5, 5.41) is 0.0162. The second kappa shape index (κ2) is 7.78. The van der Waals surface area contributed by atoms with E-state index in [4.69, 9.17) is 16.3 Å². The molecule has 1 aromatic rings. The average Bonchev–Trinajstić information content (AvgIpc) is 2.97. The van der Waals surface area contributed by atoms with Gasteiger partial charge in [0.1, 0.15) is 10.0 Å². The van der Waals surface area contributed by atoms with E-state index in [1.54, 1.807) is 4.31 Å². The van der Waals surface area contributed by atoms with Gasteiger partial charge in [-0.2, -0.15) is 4.31 Å². The number of ether oxygens (including phenoxy) is 1. The molecule has 3 atom stereocenters. The number of pyridine rings is 1. The molecule has 0 amide bonds. The molecule has 2 aliphatic rings. The van der Waals surface area contributed by atoms with Crippen LogP contribution in [-0.2, 0) is 14.8 Å². The van der Waals surface area contributed by atoms with E-state index in [-0.39, 0.29) is 28.3 Å². The molecular formula is C16H23BrClN3O3S. The quantitative estimate of drug-likeness (QED) is 0.657. The molecule has 0 spiro atoms. The Morgan fingerprint density at radius 2 is 2.04 bits per heavy atom. The standard InChI is InChI=1S/C16H23BrClN3O3S/c1-11-8-20(9-12(2)24-11)10-14-4-3-5-21(14)25(22,23)15-6-13(17)7-19-16(15)18/h6-7,11-12,14H,3-5,8-10H2,1-2H3. The molecule has 0 radical (unpaired) electrons. The van der Waals surface area contributed by atoms with Gasteiger partial charge < -0.3 is 4.74 Å². The van der Waals surface area contributed by atoms with Crippen molar-refractivity contribution in [2.24, 2.45) is 0 Å². The van der Waals surface area contributed by atoms with Gasteiger partial charge in [-0.1, -0.05) is 11.6 Å². The Hall–Kier alpha value is -0.250. The van der Waals surface area contributed by atoms with Crippen molar-refractivity contribution < 1.29 is 13.2 Å². The van der Waals surface area contributed by atoms with Crippen molar-refractivity contribution in [2.45, 2.75) is 49.8 Å². The summed E-state index contributed by atoms with van der Waals surface area (Å²) in [6.45, 7) is 7.00. The summed E-state index contributed by atoms with van der Waals surface area (Å²) in [5.41, 5.74) is 0. The molecule has 0 N–H and O–H groups in total. The Kier molecular flexibility index (Phi) is 6.07. The summed E-state index contributed by atoms with van der Waals surface area (Å²) >= 11 is 9.35. The number of halogens is 2. The Bertz CT molecular complexity index is 723. The van der Waals surface area contributed by atoms with Gasteiger partial charge in [-0.3, -0.25) is 4.90 Å². The summed E-state index contributed by atoms with van der Waals surface area (Å²) in [5.74, 6) is 0. The van der Waals surface area contributed by atoms with Crippen LogP contribution in [0.5, 0.6) is 0 Å². The lowest BCUT2D eigenvalue weighted by molar-refractivity contribution is -0.0707. The van der Waals surface area contributed by atoms with Crippen LogP contribution >= 0.6 is 27.5 Å². The average molecular weight is 453 g/mol. The Labute approximate surface area is 162 Å². The number of sulfonamides is 1. The molecular weight excluding hydrogens is 430 g/mol. The minimum atomic E-state index is -3.67. The molecule has 0 aliphatic carbocycles. The molecule has 3 unspecified atom stereocenters. The molecule has 3 rings (SSSR count). The molecule has 2 aliphatic heterocycles. The lowest BCUT2D eigenvalue weighted by atomic mass is 10.1. The number of morpholine rings is 1. The van der Waals surface area contributed by atoms with Gasteiger partial charge in [0.15, 0.2) is 0 Å². The molecule has 3 heterocycles. The van der Waals surface area contributed by atoms with Gasteiger partial charge in [0, 0.05) is 42.9 Å². The molecule has 0 saturated carbocycles. The number of nitrogens with zero attached hydrogens (tertiary/aromatic N) is 3. The second-order valence-electron chi connectivity index (χ2n) is 6.83. The lowest BCUT2D eigenvalue weighted by Crippen LogP contribution is -2.50. The minimum Gasteiger partial charge on any atom is -0.373 e. The van der Waals surface area contributed by atoms with Gasteiger partial charge in [0.25, 0.3) is 0 Å². The zero-order valence-electron chi connectivity index (χ0n) is 14.4. The van der Waals surface area contributed by atoms with Crippen molar-refractivity contribution >= 4 is 37.6 Å². The third-order valence-corrected chi connectivity index (χ3v) is 7.46. The van der Waals surface area contributed by atoms with E-state index in [1.807, 2.05) is 0 Å². The smallest absolute Gasteiger partial charge is 0.246 e. The molecule has 1 aromatic heterocycles. The number of hydrogen-bond acceptors (Lipinski definition) is 5. The summed E-state index contributed by atoms with van der Waals surface area (Å²) in [7, 11) is -3.67. The zero-order valence-corrected chi connectivity index (χ0v) is 17.5. The topological polar surface area (TPSA) is 62.7 Å². The van der Waals surface area contributed by atoms with E-state index < -0.39 is 10.0 Å². The van der Waals surface area contributed by atoms with Gasteiger partial charge in [0.2, 0.25) is 10.0 Å². The van der Waals surface area contributed by atoms with Crippen molar-refractivity contribution in [3.63, 3.8) is 0 Å². The van der Waals surface area contributed by atoms with Crippen LogP contribution in [0.1, 0.15) is 26.7 Å². The Morgan fingerprint density at radius 1 is 1.36 bits per heavy atom. The normalized spacial score (nSPS) is 29.2. The second-order valence-corrected chi connectivity index (χ2v) is 9.96. The van der Waals surface area contributed by atoms with Crippen molar-refractivity contribution in [3.8, 4) is 0 Å². The maximum atomic E-state index is 13.1. The molecule has 9 heteroatoms. The Balaban J connectivity index is 1.80. The van der Waals surface area contributed by atoms with Gasteiger partial charge in [0.05, 0.1) is 12.2 Å². The number of hydrogen-bond donors (Lipinski definition) is 0.